The van der Waals surface area contributed by atoms with Gasteiger partial charge < -0.3 is 34.1 Å². The molecule has 0 saturated heterocycles. The Morgan fingerprint density at radius 3 is 1.71 bits per heavy atom. The monoisotopic (exact) mass is 500 g/mol. The minimum atomic E-state index is -1.18. The van der Waals surface area contributed by atoms with Crippen LogP contribution in [0.15, 0.2) is 25.0 Å². The molecule has 35 heavy (non-hydrogen) atoms. The zero-order valence-electron chi connectivity index (χ0n) is 20.2. The average molecular weight is 500 g/mol. The van der Waals surface area contributed by atoms with E-state index in [1.54, 1.807) is 41.5 Å². The van der Waals surface area contributed by atoms with E-state index in [1.807, 2.05) is 0 Å². The number of carboxylic acids is 2. The minimum absolute atomic E-state index is 0.116. The third-order valence-electron chi connectivity index (χ3n) is 2.86. The molecule has 194 valence electrons. The smallest absolute Gasteiger partial charge is 0.477 e. The van der Waals surface area contributed by atoms with E-state index in [0.717, 1.165) is 17.1 Å². The summed E-state index contributed by atoms with van der Waals surface area (Å²) in [5.74, 6) is -2.17. The maximum absolute atomic E-state index is 11.0. The molecule has 2 aromatic heterocycles. The first-order valence-electron chi connectivity index (χ1n) is 9.66. The zero-order valence-corrected chi connectivity index (χ0v) is 20.2. The first-order chi connectivity index (χ1) is 15.9. The number of nitrogens with zero attached hydrogens (tertiary/aromatic N) is 3. The van der Waals surface area contributed by atoms with Crippen LogP contribution in [0.2, 0.25) is 0 Å². The van der Waals surface area contributed by atoms with Gasteiger partial charge in [-0.3, -0.25) is 0 Å². The highest BCUT2D eigenvalue weighted by Crippen LogP contribution is 2.11. The number of hydrogen-bond donors (Lipinski definition) is 3. The number of H-pyrrole nitrogens is 1. The Kier molecular flexibility index (Phi) is 11.6. The van der Waals surface area contributed by atoms with Gasteiger partial charge in [-0.1, -0.05) is 0 Å². The van der Waals surface area contributed by atoms with Gasteiger partial charge in [0.25, 0.3) is 0 Å². The van der Waals surface area contributed by atoms with Gasteiger partial charge in [-0.05, 0) is 41.5 Å². The number of methoxy groups -OCH3 is 1. The molecule has 2 rings (SSSR count). The van der Waals surface area contributed by atoms with Crippen LogP contribution in [-0.2, 0) is 18.9 Å². The highest BCUT2D eigenvalue weighted by Gasteiger charge is 2.24. The Balaban J connectivity index is 0.000000516. The Hall–Kier alpha value is -4.43. The van der Waals surface area contributed by atoms with Gasteiger partial charge in [0, 0.05) is 6.20 Å². The van der Waals surface area contributed by atoms with E-state index < -0.39 is 41.5 Å². The number of carbonyl (C=O) groups is 5. The molecule has 2 aromatic rings. The summed E-state index contributed by atoms with van der Waals surface area (Å²) in [6.07, 6.45) is 1.94. The third-order valence-corrected chi connectivity index (χ3v) is 2.86. The van der Waals surface area contributed by atoms with E-state index in [2.05, 4.69) is 24.4 Å². The summed E-state index contributed by atoms with van der Waals surface area (Å²) in [7, 11) is 1.20. The van der Waals surface area contributed by atoms with Crippen molar-refractivity contribution in [1.29, 1.82) is 0 Å². The first-order valence-corrected chi connectivity index (χ1v) is 9.66. The Morgan fingerprint density at radius 2 is 1.43 bits per heavy atom. The van der Waals surface area contributed by atoms with Gasteiger partial charge in [0.1, 0.15) is 23.2 Å². The molecule has 0 saturated carbocycles. The summed E-state index contributed by atoms with van der Waals surface area (Å²) in [6, 6.07) is 0. The average Bonchev–Trinajstić information content (AvgIpc) is 3.37. The highest BCUT2D eigenvalue weighted by atomic mass is 16.8. The summed E-state index contributed by atoms with van der Waals surface area (Å²) < 4.78 is 19.1. The van der Waals surface area contributed by atoms with Crippen molar-refractivity contribution < 1.29 is 53.1 Å². The van der Waals surface area contributed by atoms with Crippen LogP contribution in [0.1, 0.15) is 62.5 Å². The van der Waals surface area contributed by atoms with Gasteiger partial charge in [0.05, 0.1) is 19.6 Å². The second kappa shape index (κ2) is 13.3. The van der Waals surface area contributed by atoms with Gasteiger partial charge in [0.15, 0.2) is 5.69 Å². The molecule has 0 radical (unpaired) electrons. The molecule has 0 aliphatic rings. The molecule has 0 aromatic carbocycles. The largest absolute Gasteiger partial charge is 0.519 e. The number of aromatic nitrogens is 4. The van der Waals surface area contributed by atoms with E-state index in [-0.39, 0.29) is 11.4 Å². The second-order valence-corrected chi connectivity index (χ2v) is 8.24. The number of aromatic carboxylic acids is 2. The molecule has 0 fully saturated rings. The molecule has 15 nitrogen and oxygen atoms in total. The molecule has 15 heteroatoms. The molecular weight excluding hydrogens is 472 g/mol. The molecule has 2 heterocycles. The fourth-order valence-electron chi connectivity index (χ4n) is 1.62. The number of hydrogen-bond acceptors (Lipinski definition) is 11. The number of ether oxygens (including phenoxy) is 4. The number of carboxylic acid groups (broad SMARTS) is 2. The predicted octanol–water partition coefficient (Wildman–Crippen LogP) is 3.18. The summed E-state index contributed by atoms with van der Waals surface area (Å²) in [5, 5.41) is 16.6. The van der Waals surface area contributed by atoms with E-state index in [0.29, 0.717) is 0 Å². The standard InChI is InChI=1S/C10H18O5.C6H6N2O4.C4H4N2O2/c1-9(2,3)14-7(11)13-8(12)15-10(4,5)6;1-12-6(11)8-2-4(5(9)10)7-3-8;7-4(8)3-1-5-2-6-3/h1-6H3;2-3H,1H3,(H,9,10);1-2H,(H,5,6)(H,7,8). The zero-order chi connectivity index (χ0) is 27.4. The normalized spacial score (nSPS) is 10.4. The molecule has 0 unspecified atom stereocenters. The Labute approximate surface area is 200 Å². The van der Waals surface area contributed by atoms with Crippen LogP contribution in [0.25, 0.3) is 0 Å². The van der Waals surface area contributed by atoms with Gasteiger partial charge in [0.2, 0.25) is 0 Å². The molecule has 0 spiro atoms. The van der Waals surface area contributed by atoms with Crippen LogP contribution < -0.4 is 0 Å². The molecule has 0 aliphatic carbocycles. The van der Waals surface area contributed by atoms with Crippen LogP contribution in [0.5, 0.6) is 0 Å². The van der Waals surface area contributed by atoms with Crippen molar-refractivity contribution in [3.05, 3.63) is 36.4 Å². The van der Waals surface area contributed by atoms with Gasteiger partial charge in [-0.2, -0.15) is 0 Å². The minimum Gasteiger partial charge on any atom is -0.477 e. The fourth-order valence-corrected chi connectivity index (χ4v) is 1.62. The lowest BCUT2D eigenvalue weighted by atomic mass is 10.2. The maximum Gasteiger partial charge on any atom is 0.519 e. The number of rotatable bonds is 2. The molecule has 0 aliphatic heterocycles. The number of aromatic amines is 1. The van der Waals surface area contributed by atoms with Crippen LogP contribution in [0.4, 0.5) is 14.4 Å². The first kappa shape index (κ1) is 30.6. The predicted molar refractivity (Wildman–Crippen MR) is 116 cm³/mol. The lowest BCUT2D eigenvalue weighted by Crippen LogP contribution is -2.29. The summed E-state index contributed by atoms with van der Waals surface area (Å²) in [5.41, 5.74) is -1.47. The molecule has 0 atom stereocenters. The van der Waals surface area contributed by atoms with Crippen molar-refractivity contribution in [1.82, 2.24) is 19.5 Å². The summed E-state index contributed by atoms with van der Waals surface area (Å²) in [6.45, 7) is 10.0. The SMILES string of the molecule is CC(C)(C)OC(=O)OC(=O)OC(C)(C)C.COC(=O)n1cnc(C(=O)O)c1.O=C(O)c1cnc[nH]1. The lowest BCUT2D eigenvalue weighted by Gasteiger charge is -2.20. The molecule has 0 amide bonds. The van der Waals surface area contributed by atoms with Gasteiger partial charge >= 0.3 is 30.3 Å². The third kappa shape index (κ3) is 14.4. The maximum atomic E-state index is 11.0. The lowest BCUT2D eigenvalue weighted by molar-refractivity contribution is -0.0294. The van der Waals surface area contributed by atoms with Crippen molar-refractivity contribution in [2.24, 2.45) is 0 Å². The van der Waals surface area contributed by atoms with Crippen molar-refractivity contribution >= 4 is 30.3 Å². The van der Waals surface area contributed by atoms with Crippen LogP contribution >= 0.6 is 0 Å². The van der Waals surface area contributed by atoms with Crippen LogP contribution in [0, 0.1) is 0 Å². The van der Waals surface area contributed by atoms with E-state index in [1.165, 1.54) is 19.6 Å². The van der Waals surface area contributed by atoms with Crippen molar-refractivity contribution in [2.75, 3.05) is 7.11 Å². The molecular formula is C20H28N4O11. The quantitative estimate of drug-likeness (QED) is 0.308. The Morgan fingerprint density at radius 1 is 0.914 bits per heavy atom. The summed E-state index contributed by atoms with van der Waals surface area (Å²) >= 11 is 0. The molecule has 0 bridgehead atoms. The van der Waals surface area contributed by atoms with Crippen molar-refractivity contribution in [2.45, 2.75) is 52.7 Å². The van der Waals surface area contributed by atoms with E-state index >= 15 is 0 Å². The summed E-state index contributed by atoms with van der Waals surface area (Å²) in [4.78, 5) is 62.4. The topological polar surface area (TPSA) is 209 Å². The van der Waals surface area contributed by atoms with Crippen molar-refractivity contribution in [3.8, 4) is 0 Å². The van der Waals surface area contributed by atoms with E-state index in [4.69, 9.17) is 19.7 Å². The van der Waals surface area contributed by atoms with Gasteiger partial charge in [-0.25, -0.2) is 38.5 Å². The fraction of sp³-hybridized carbons (Fsp3) is 0.450. The van der Waals surface area contributed by atoms with Crippen LogP contribution in [0.3, 0.4) is 0 Å². The van der Waals surface area contributed by atoms with Crippen LogP contribution in [-0.4, -0.2) is 78.4 Å². The van der Waals surface area contributed by atoms with E-state index in [9.17, 15) is 24.0 Å². The number of carbonyl (C=O) groups excluding carboxylic acids is 3. The number of nitrogens with one attached hydrogen (secondary N) is 1. The second-order valence-electron chi connectivity index (χ2n) is 8.24. The molecule has 3 N–H and O–H groups in total. The van der Waals surface area contributed by atoms with Crippen molar-refractivity contribution in [3.63, 3.8) is 0 Å². The van der Waals surface area contributed by atoms with Gasteiger partial charge in [-0.15, -0.1) is 0 Å². The highest BCUT2D eigenvalue weighted by molar-refractivity contribution is 5.86. The number of imidazole rings is 2. The Bertz CT molecular complexity index is 973.